The van der Waals surface area contributed by atoms with E-state index in [1.54, 1.807) is 40.5 Å². The Hall–Kier alpha value is -2.28. The van der Waals surface area contributed by atoms with E-state index in [0.29, 0.717) is 28.0 Å². The molecule has 0 aliphatic carbocycles. The van der Waals surface area contributed by atoms with Crippen LogP contribution < -0.4 is 15.6 Å². The summed E-state index contributed by atoms with van der Waals surface area (Å²) < 4.78 is 0. The molecule has 1 atom stereocenters. The normalized spacial score (nSPS) is 19.4. The molecule has 2 aliphatic heterocycles. The van der Waals surface area contributed by atoms with E-state index in [2.05, 4.69) is 15.7 Å². The summed E-state index contributed by atoms with van der Waals surface area (Å²) in [5, 5.41) is 5.99. The lowest BCUT2D eigenvalue weighted by atomic mass is 10.1. The third-order valence-corrected chi connectivity index (χ3v) is 4.43. The first-order chi connectivity index (χ1) is 11.6. The molecule has 0 saturated carbocycles. The monoisotopic (exact) mass is 361 g/mol. The lowest BCUT2D eigenvalue weighted by Crippen LogP contribution is -2.60. The van der Waals surface area contributed by atoms with Crippen LogP contribution in [0.25, 0.3) is 0 Å². The Bertz CT molecular complexity index is 841. The van der Waals surface area contributed by atoms with Gasteiger partial charge < -0.3 is 5.32 Å². The van der Waals surface area contributed by atoms with Crippen molar-refractivity contribution in [2.24, 2.45) is 4.99 Å². The van der Waals surface area contributed by atoms with E-state index in [9.17, 15) is 4.79 Å². The Morgan fingerprint density at radius 2 is 2.00 bits per heavy atom. The van der Waals surface area contributed by atoms with Gasteiger partial charge in [-0.1, -0.05) is 35.3 Å². The van der Waals surface area contributed by atoms with Gasteiger partial charge in [-0.25, -0.2) is 5.43 Å². The minimum atomic E-state index is -0.502. The average Bonchev–Trinajstić information content (AvgIpc) is 3.10. The van der Waals surface area contributed by atoms with Crippen molar-refractivity contribution in [1.29, 1.82) is 0 Å². The second-order valence-corrected chi connectivity index (χ2v) is 6.20. The summed E-state index contributed by atoms with van der Waals surface area (Å²) >= 11 is 12.3. The topological polar surface area (TPSA) is 60.0 Å². The second kappa shape index (κ2) is 5.98. The number of nitrogens with zero attached hydrogens (tertiary/aromatic N) is 3. The van der Waals surface area contributed by atoms with Gasteiger partial charge in [-0.3, -0.25) is 19.7 Å². The summed E-state index contributed by atoms with van der Waals surface area (Å²) in [6.45, 7) is 0.455. The lowest BCUT2D eigenvalue weighted by Gasteiger charge is -2.41. The summed E-state index contributed by atoms with van der Waals surface area (Å²) in [4.78, 5) is 18.8. The number of aliphatic imine (C=N–C) groups is 1. The molecule has 122 valence electrons. The number of halogens is 2. The lowest BCUT2D eigenvalue weighted by molar-refractivity contribution is 0.0945. The van der Waals surface area contributed by atoms with Gasteiger partial charge in [0.05, 0.1) is 16.3 Å². The van der Waals surface area contributed by atoms with Gasteiger partial charge in [-0.15, -0.1) is 0 Å². The minimum Gasteiger partial charge on any atom is -0.346 e. The Balaban J connectivity index is 1.84. The average molecular weight is 362 g/mol. The predicted molar refractivity (Wildman–Crippen MR) is 95.5 cm³/mol. The molecule has 0 fully saturated rings. The number of carbonyl (C=O) groups excluding carboxylic acids is 1. The number of para-hydroxylation sites is 1. The van der Waals surface area contributed by atoms with Gasteiger partial charge in [0.15, 0.2) is 6.29 Å². The standard InChI is InChI=1S/C16H13Cl2N5O/c17-10-5-6-14(12(18)7-10)23-15(24)11-3-1-2-4-13(11)21-16(23)22-9-19-8-20-22/h1-7,9,16,20-21H,8H2. The number of nitrogens with one attached hydrogen (secondary N) is 2. The second-order valence-electron chi connectivity index (χ2n) is 5.36. The molecule has 1 unspecified atom stereocenters. The maximum Gasteiger partial charge on any atom is 0.263 e. The first-order valence-corrected chi connectivity index (χ1v) is 8.07. The molecule has 0 bridgehead atoms. The van der Waals surface area contributed by atoms with E-state index in [0.717, 1.165) is 5.69 Å². The fourth-order valence-electron chi connectivity index (χ4n) is 2.79. The molecule has 4 rings (SSSR count). The molecule has 0 aromatic heterocycles. The third-order valence-electron chi connectivity index (χ3n) is 3.89. The fourth-order valence-corrected chi connectivity index (χ4v) is 3.29. The molecule has 8 heteroatoms. The summed E-state index contributed by atoms with van der Waals surface area (Å²) in [6.07, 6.45) is 1.15. The molecule has 2 N–H and O–H groups in total. The Labute approximate surface area is 148 Å². The molecule has 2 aromatic carbocycles. The predicted octanol–water partition coefficient (Wildman–Crippen LogP) is 3.16. The van der Waals surface area contributed by atoms with Crippen molar-refractivity contribution >= 4 is 46.8 Å². The smallest absolute Gasteiger partial charge is 0.263 e. The molecule has 0 radical (unpaired) electrons. The number of carbonyl (C=O) groups is 1. The number of hydrogen-bond acceptors (Lipinski definition) is 5. The van der Waals surface area contributed by atoms with Crippen molar-refractivity contribution in [2.45, 2.75) is 6.29 Å². The van der Waals surface area contributed by atoms with Gasteiger partial charge in [-0.2, -0.15) is 0 Å². The minimum absolute atomic E-state index is 0.152. The number of amides is 1. The van der Waals surface area contributed by atoms with Crippen molar-refractivity contribution in [1.82, 2.24) is 10.4 Å². The first-order valence-electron chi connectivity index (χ1n) is 7.31. The number of fused-ring (bicyclic) bond motifs is 1. The van der Waals surface area contributed by atoms with Crippen LogP contribution in [0.1, 0.15) is 10.4 Å². The Kier molecular flexibility index (Phi) is 3.80. The van der Waals surface area contributed by atoms with E-state index < -0.39 is 6.29 Å². The van der Waals surface area contributed by atoms with E-state index in [1.165, 1.54) is 0 Å². The number of hydrazine groups is 1. The molecule has 1 amide bonds. The zero-order valence-electron chi connectivity index (χ0n) is 12.4. The number of rotatable bonds is 2. The highest BCUT2D eigenvalue weighted by molar-refractivity contribution is 6.37. The van der Waals surface area contributed by atoms with Crippen molar-refractivity contribution < 1.29 is 4.79 Å². The highest BCUT2D eigenvalue weighted by Gasteiger charge is 2.37. The highest BCUT2D eigenvalue weighted by Crippen LogP contribution is 2.35. The van der Waals surface area contributed by atoms with Crippen molar-refractivity contribution in [2.75, 3.05) is 16.9 Å². The number of anilines is 2. The van der Waals surface area contributed by atoms with Gasteiger partial charge >= 0.3 is 0 Å². The van der Waals surface area contributed by atoms with Crippen molar-refractivity contribution in [3.05, 3.63) is 58.1 Å². The van der Waals surface area contributed by atoms with Gasteiger partial charge in [0, 0.05) is 10.7 Å². The van der Waals surface area contributed by atoms with E-state index in [-0.39, 0.29) is 5.91 Å². The van der Waals surface area contributed by atoms with E-state index >= 15 is 0 Å². The zero-order valence-corrected chi connectivity index (χ0v) is 13.9. The number of hydrogen-bond donors (Lipinski definition) is 2. The summed E-state index contributed by atoms with van der Waals surface area (Å²) in [5.74, 6) is -0.152. The number of benzene rings is 2. The van der Waals surface area contributed by atoms with Gasteiger partial charge in [0.25, 0.3) is 5.91 Å². The summed E-state index contributed by atoms with van der Waals surface area (Å²) in [7, 11) is 0. The molecule has 0 spiro atoms. The molecule has 2 heterocycles. The Morgan fingerprint density at radius 1 is 1.17 bits per heavy atom. The first kappa shape index (κ1) is 15.3. The largest absolute Gasteiger partial charge is 0.346 e. The van der Waals surface area contributed by atoms with Gasteiger partial charge in [0.1, 0.15) is 13.0 Å². The van der Waals surface area contributed by atoms with Crippen LogP contribution in [0.4, 0.5) is 11.4 Å². The van der Waals surface area contributed by atoms with Crippen molar-refractivity contribution in [3.63, 3.8) is 0 Å². The molecule has 24 heavy (non-hydrogen) atoms. The van der Waals surface area contributed by atoms with Crippen LogP contribution >= 0.6 is 23.2 Å². The van der Waals surface area contributed by atoms with Crippen LogP contribution in [0.3, 0.4) is 0 Å². The zero-order chi connectivity index (χ0) is 16.7. The quantitative estimate of drug-likeness (QED) is 0.862. The molecular formula is C16H13Cl2N5O. The highest BCUT2D eigenvalue weighted by atomic mass is 35.5. The fraction of sp³-hybridized carbons (Fsp3) is 0.125. The maximum absolute atomic E-state index is 13.1. The van der Waals surface area contributed by atoms with Gasteiger partial charge in [0.2, 0.25) is 0 Å². The van der Waals surface area contributed by atoms with Crippen molar-refractivity contribution in [3.8, 4) is 0 Å². The molecule has 2 aromatic rings. The summed E-state index contributed by atoms with van der Waals surface area (Å²) in [6, 6.07) is 12.4. The maximum atomic E-state index is 13.1. The molecule has 0 saturated heterocycles. The summed E-state index contributed by atoms with van der Waals surface area (Å²) in [5.41, 5.74) is 5.00. The molecule has 2 aliphatic rings. The van der Waals surface area contributed by atoms with Crippen LogP contribution in [0, 0.1) is 0 Å². The van der Waals surface area contributed by atoms with Gasteiger partial charge in [-0.05, 0) is 30.3 Å². The van der Waals surface area contributed by atoms with Crippen LogP contribution in [0.5, 0.6) is 0 Å². The third kappa shape index (κ3) is 2.49. The Morgan fingerprint density at radius 3 is 2.75 bits per heavy atom. The van der Waals surface area contributed by atoms with E-state index in [4.69, 9.17) is 23.2 Å². The van der Waals surface area contributed by atoms with Crippen LogP contribution in [0.15, 0.2) is 47.5 Å². The SMILES string of the molecule is O=C1c2ccccc2NC(N2C=NCN2)N1c1ccc(Cl)cc1Cl. The van der Waals surface area contributed by atoms with E-state index in [1.807, 2.05) is 18.2 Å². The molecular weight excluding hydrogens is 349 g/mol. The molecule has 6 nitrogen and oxygen atoms in total. The van der Waals surface area contributed by atoms with Crippen LogP contribution in [0.2, 0.25) is 10.0 Å². The van der Waals surface area contributed by atoms with Crippen LogP contribution in [-0.4, -0.2) is 30.2 Å². The van der Waals surface area contributed by atoms with Crippen LogP contribution in [-0.2, 0) is 0 Å².